The van der Waals surface area contributed by atoms with Gasteiger partial charge in [0.05, 0.1) is 0 Å². The number of hydrogen-bond donors (Lipinski definition) is 0. The van der Waals surface area contributed by atoms with Crippen LogP contribution in [0.25, 0.3) is 0 Å². The van der Waals surface area contributed by atoms with Gasteiger partial charge in [0.2, 0.25) is 0 Å². The predicted molar refractivity (Wildman–Crippen MR) is 87.8 cm³/mol. The molecule has 0 aliphatic rings. The van der Waals surface area contributed by atoms with E-state index in [0.29, 0.717) is 0 Å². The molecule has 0 N–H and O–H groups in total. The van der Waals surface area contributed by atoms with Gasteiger partial charge in [-0.3, -0.25) is 0 Å². The Morgan fingerprint density at radius 1 is 0.833 bits per heavy atom. The predicted octanol–water partition coefficient (Wildman–Crippen LogP) is 6.25. The van der Waals surface area contributed by atoms with Crippen molar-refractivity contribution in [1.82, 2.24) is 0 Å². The van der Waals surface area contributed by atoms with Gasteiger partial charge in [0.25, 0.3) is 0 Å². The Balaban J connectivity index is 4.87. The summed E-state index contributed by atoms with van der Waals surface area (Å²) in [6.07, 6.45) is 8.47. The van der Waals surface area contributed by atoms with Crippen LogP contribution in [0.2, 0.25) is 17.2 Å². The van der Waals surface area contributed by atoms with Crippen molar-refractivity contribution in [1.29, 1.82) is 0 Å². The van der Waals surface area contributed by atoms with E-state index in [-0.39, 0.29) is 0 Å². The molecule has 0 heterocycles. The van der Waals surface area contributed by atoms with Gasteiger partial charge >= 0.3 is 121 Å². The molecular weight excluding hydrogens is 323 g/mol. The second-order valence-electron chi connectivity index (χ2n) is 5.79. The molecule has 0 bridgehead atoms. The fraction of sp³-hybridized carbons (Fsp3) is 0.882. The third-order valence-electron chi connectivity index (χ3n) is 4.36. The molecule has 0 spiro atoms. The average Bonchev–Trinajstić information content (AvgIpc) is 2.38. The summed E-state index contributed by atoms with van der Waals surface area (Å²) >= 11 is -2.00. The van der Waals surface area contributed by atoms with Gasteiger partial charge in [0.15, 0.2) is 0 Å². The van der Waals surface area contributed by atoms with Crippen LogP contribution in [0.1, 0.15) is 73.1 Å². The van der Waals surface area contributed by atoms with Crippen molar-refractivity contribution in [3.63, 3.8) is 0 Å². The second kappa shape index (κ2) is 11.2. The molecule has 106 valence electrons. The molecule has 0 nitrogen and oxygen atoms in total. The first kappa shape index (κ1) is 18.4. The van der Waals surface area contributed by atoms with Crippen LogP contribution in [0.5, 0.6) is 0 Å². The van der Waals surface area contributed by atoms with Crippen molar-refractivity contribution in [2.75, 3.05) is 0 Å². The molecule has 0 aliphatic carbocycles. The van der Waals surface area contributed by atoms with E-state index >= 15 is 0 Å². The van der Waals surface area contributed by atoms with Gasteiger partial charge in [-0.1, -0.05) is 0 Å². The summed E-state index contributed by atoms with van der Waals surface area (Å²) in [7, 11) is 0. The van der Waals surface area contributed by atoms with Crippen LogP contribution >= 0.6 is 0 Å². The van der Waals surface area contributed by atoms with Crippen molar-refractivity contribution in [2.45, 2.75) is 90.4 Å². The van der Waals surface area contributed by atoms with Crippen LogP contribution in [-0.2, 0) is 0 Å². The first-order valence-electron chi connectivity index (χ1n) is 8.09. The zero-order chi connectivity index (χ0) is 13.9. The average molecular weight is 357 g/mol. The van der Waals surface area contributed by atoms with Crippen LogP contribution in [0, 0.1) is 11.8 Å². The Bertz CT molecular complexity index is 224. The molecule has 1 heteroatoms. The van der Waals surface area contributed by atoms with Crippen LogP contribution in [0.3, 0.4) is 0 Å². The summed E-state index contributed by atoms with van der Waals surface area (Å²) in [6, 6.07) is 0. The van der Waals surface area contributed by atoms with Crippen LogP contribution in [-0.4, -0.2) is 18.4 Å². The molecule has 0 aromatic rings. The molecule has 0 amide bonds. The molecule has 18 heavy (non-hydrogen) atoms. The summed E-state index contributed by atoms with van der Waals surface area (Å²) in [4.78, 5) is 0. The quantitative estimate of drug-likeness (QED) is 0.320. The first-order valence-corrected chi connectivity index (χ1v) is 15.8. The number of unbranched alkanes of at least 4 members (excludes halogenated alkanes) is 3. The molecule has 1 atom stereocenters. The van der Waals surface area contributed by atoms with Crippen molar-refractivity contribution in [3.05, 3.63) is 0 Å². The fourth-order valence-corrected chi connectivity index (χ4v) is 19.2. The van der Waals surface area contributed by atoms with E-state index in [2.05, 4.69) is 39.5 Å². The third-order valence-corrected chi connectivity index (χ3v) is 21.6. The summed E-state index contributed by atoms with van der Waals surface area (Å²) in [6.45, 7) is 11.5. The van der Waals surface area contributed by atoms with Gasteiger partial charge < -0.3 is 0 Å². The molecule has 0 fully saturated rings. The molecule has 0 aromatic carbocycles. The zero-order valence-corrected chi connectivity index (χ0v) is 16.3. The van der Waals surface area contributed by atoms with E-state index in [0.717, 1.165) is 3.93 Å². The SMILES string of the molecule is CC#C[CH](C)[Sn]([CH2]CCC)([CH2]CCC)[CH2]CCC. The van der Waals surface area contributed by atoms with Gasteiger partial charge in [-0.05, 0) is 0 Å². The molecule has 0 saturated carbocycles. The normalized spacial score (nSPS) is 12.9. The molecule has 0 aromatic heterocycles. The van der Waals surface area contributed by atoms with E-state index in [4.69, 9.17) is 0 Å². The summed E-state index contributed by atoms with van der Waals surface area (Å²) in [5.41, 5.74) is 0. The standard InChI is InChI=1S/C5H7.3C4H9.Sn/c1-3-5-4-2;3*1-3-4-2;/h3H,1-2H3;3*1,3-4H2,2H3;. The molecule has 0 saturated heterocycles. The maximum absolute atomic E-state index is 3.56. The van der Waals surface area contributed by atoms with E-state index < -0.39 is 18.4 Å². The van der Waals surface area contributed by atoms with Crippen molar-refractivity contribution < 1.29 is 0 Å². The Labute approximate surface area is 120 Å². The van der Waals surface area contributed by atoms with E-state index in [1.807, 2.05) is 6.92 Å². The molecule has 0 radical (unpaired) electrons. The fourth-order valence-electron chi connectivity index (χ4n) is 2.98. The minimum absolute atomic E-state index is 0.772. The Kier molecular flexibility index (Phi) is 11.4. The van der Waals surface area contributed by atoms with Crippen molar-refractivity contribution >= 4 is 18.4 Å². The molecule has 0 aliphatic heterocycles. The van der Waals surface area contributed by atoms with Gasteiger partial charge in [-0.15, -0.1) is 0 Å². The third kappa shape index (κ3) is 6.50. The Morgan fingerprint density at radius 3 is 1.50 bits per heavy atom. The van der Waals surface area contributed by atoms with Gasteiger partial charge in [-0.2, -0.15) is 0 Å². The summed E-state index contributed by atoms with van der Waals surface area (Å²) < 4.78 is 5.53. The van der Waals surface area contributed by atoms with Gasteiger partial charge in [-0.25, -0.2) is 0 Å². The van der Waals surface area contributed by atoms with Gasteiger partial charge in [0.1, 0.15) is 0 Å². The number of rotatable bonds is 10. The van der Waals surface area contributed by atoms with Crippen molar-refractivity contribution in [3.8, 4) is 11.8 Å². The summed E-state index contributed by atoms with van der Waals surface area (Å²) in [5, 5.41) is 0. The topological polar surface area (TPSA) is 0 Å². The van der Waals surface area contributed by atoms with Crippen LogP contribution in [0.15, 0.2) is 0 Å². The zero-order valence-electron chi connectivity index (χ0n) is 13.4. The Morgan fingerprint density at radius 2 is 1.22 bits per heavy atom. The molecular formula is C17H34Sn. The first-order chi connectivity index (χ1) is 8.66. The van der Waals surface area contributed by atoms with E-state index in [9.17, 15) is 0 Å². The number of hydrogen-bond acceptors (Lipinski definition) is 0. The molecule has 1 unspecified atom stereocenters. The Hall–Kier alpha value is 0.359. The van der Waals surface area contributed by atoms with E-state index in [1.165, 1.54) is 38.5 Å². The second-order valence-corrected chi connectivity index (χ2v) is 20.3. The molecule has 0 rings (SSSR count). The van der Waals surface area contributed by atoms with Crippen LogP contribution in [0.4, 0.5) is 0 Å². The van der Waals surface area contributed by atoms with Gasteiger partial charge in [0, 0.05) is 0 Å². The van der Waals surface area contributed by atoms with Crippen molar-refractivity contribution in [2.24, 2.45) is 0 Å². The van der Waals surface area contributed by atoms with Crippen LogP contribution < -0.4 is 0 Å². The van der Waals surface area contributed by atoms with E-state index in [1.54, 1.807) is 13.3 Å². The minimum atomic E-state index is -2.00. The summed E-state index contributed by atoms with van der Waals surface area (Å²) in [5.74, 6) is 6.76. The monoisotopic (exact) mass is 358 g/mol. The maximum atomic E-state index is 3.56.